The van der Waals surface area contributed by atoms with Crippen molar-refractivity contribution in [2.45, 2.75) is 6.92 Å². The van der Waals surface area contributed by atoms with Crippen molar-refractivity contribution in [3.63, 3.8) is 0 Å². The molecular formula is C14H18N2O4. The first-order chi connectivity index (χ1) is 9.57. The zero-order valence-electron chi connectivity index (χ0n) is 12.0. The van der Waals surface area contributed by atoms with Crippen LogP contribution in [0.3, 0.4) is 0 Å². The van der Waals surface area contributed by atoms with E-state index in [0.29, 0.717) is 22.8 Å². The smallest absolute Gasteiger partial charge is 0.255 e. The van der Waals surface area contributed by atoms with Crippen molar-refractivity contribution in [3.05, 3.63) is 17.7 Å². The van der Waals surface area contributed by atoms with E-state index < -0.39 is 0 Å². The maximum atomic E-state index is 12.1. The largest absolute Gasteiger partial charge is 0.496 e. The predicted molar refractivity (Wildman–Crippen MR) is 73.2 cm³/mol. The van der Waals surface area contributed by atoms with Crippen LogP contribution in [0.5, 0.6) is 17.2 Å². The minimum atomic E-state index is -0.329. The van der Waals surface area contributed by atoms with Crippen LogP contribution in [0.4, 0.5) is 0 Å². The van der Waals surface area contributed by atoms with Gasteiger partial charge < -0.3 is 19.5 Å². The molecule has 1 rings (SSSR count). The molecule has 1 unspecified atom stereocenters. The lowest BCUT2D eigenvalue weighted by Gasteiger charge is -2.14. The zero-order valence-corrected chi connectivity index (χ0v) is 12.0. The van der Waals surface area contributed by atoms with Crippen molar-refractivity contribution in [1.82, 2.24) is 5.32 Å². The Bertz CT molecular complexity index is 523. The number of rotatable bonds is 6. The number of carbonyl (C=O) groups excluding carboxylic acids is 1. The first-order valence-corrected chi connectivity index (χ1v) is 6.05. The molecule has 1 aromatic rings. The van der Waals surface area contributed by atoms with E-state index in [-0.39, 0.29) is 18.4 Å². The van der Waals surface area contributed by atoms with Gasteiger partial charge in [-0.05, 0) is 6.92 Å². The standard InChI is InChI=1S/C14H18N2O4/c1-9(7-15)8-16-14(17)10-5-12(19-3)13(20-4)6-11(10)18-2/h5-6,9H,8H2,1-4H3,(H,16,17). The lowest BCUT2D eigenvalue weighted by atomic mass is 10.1. The van der Waals surface area contributed by atoms with Gasteiger partial charge in [0.1, 0.15) is 5.75 Å². The second-order valence-corrected chi connectivity index (χ2v) is 4.15. The summed E-state index contributed by atoms with van der Waals surface area (Å²) in [6.07, 6.45) is 0. The topological polar surface area (TPSA) is 80.6 Å². The molecule has 1 aromatic carbocycles. The van der Waals surface area contributed by atoms with Gasteiger partial charge in [-0.3, -0.25) is 4.79 Å². The average Bonchev–Trinajstić information content (AvgIpc) is 2.50. The lowest BCUT2D eigenvalue weighted by molar-refractivity contribution is 0.0947. The molecule has 0 fully saturated rings. The molecule has 0 aliphatic heterocycles. The van der Waals surface area contributed by atoms with Gasteiger partial charge in [0.2, 0.25) is 0 Å². The number of nitrogens with one attached hydrogen (secondary N) is 1. The molecule has 0 spiro atoms. The maximum Gasteiger partial charge on any atom is 0.255 e. The molecule has 6 heteroatoms. The SMILES string of the molecule is COc1cc(OC)c(C(=O)NCC(C)C#N)cc1OC. The number of hydrogen-bond donors (Lipinski definition) is 1. The molecule has 0 aliphatic carbocycles. The minimum absolute atomic E-state index is 0.259. The third-order valence-corrected chi connectivity index (χ3v) is 2.74. The van der Waals surface area contributed by atoms with Crippen LogP contribution in [-0.4, -0.2) is 33.8 Å². The Morgan fingerprint density at radius 3 is 2.25 bits per heavy atom. The number of nitrogens with zero attached hydrogens (tertiary/aromatic N) is 1. The summed E-state index contributed by atoms with van der Waals surface area (Å²) in [5, 5.41) is 11.4. The second kappa shape index (κ2) is 7.24. The van der Waals surface area contributed by atoms with Crippen molar-refractivity contribution in [2.75, 3.05) is 27.9 Å². The highest BCUT2D eigenvalue weighted by Crippen LogP contribution is 2.34. The molecule has 0 saturated heterocycles. The van der Waals surface area contributed by atoms with Crippen molar-refractivity contribution in [3.8, 4) is 23.3 Å². The van der Waals surface area contributed by atoms with Gasteiger partial charge in [0.05, 0.1) is 38.9 Å². The van der Waals surface area contributed by atoms with Crippen molar-refractivity contribution in [1.29, 1.82) is 5.26 Å². The van der Waals surface area contributed by atoms with E-state index in [1.165, 1.54) is 21.3 Å². The number of methoxy groups -OCH3 is 3. The molecule has 0 heterocycles. The van der Waals surface area contributed by atoms with Crippen molar-refractivity contribution >= 4 is 5.91 Å². The van der Waals surface area contributed by atoms with E-state index in [9.17, 15) is 4.79 Å². The molecule has 0 aromatic heterocycles. The van der Waals surface area contributed by atoms with Crippen LogP contribution in [0.25, 0.3) is 0 Å². The third-order valence-electron chi connectivity index (χ3n) is 2.74. The summed E-state index contributed by atoms with van der Waals surface area (Å²) in [7, 11) is 4.46. The predicted octanol–water partition coefficient (Wildman–Crippen LogP) is 1.60. The van der Waals surface area contributed by atoms with Gasteiger partial charge in [0.15, 0.2) is 11.5 Å². The summed E-state index contributed by atoms with van der Waals surface area (Å²) >= 11 is 0. The fraction of sp³-hybridized carbons (Fsp3) is 0.429. The van der Waals surface area contributed by atoms with Crippen LogP contribution in [0.15, 0.2) is 12.1 Å². The average molecular weight is 278 g/mol. The molecule has 0 bridgehead atoms. The molecule has 20 heavy (non-hydrogen) atoms. The van der Waals surface area contributed by atoms with Crippen LogP contribution >= 0.6 is 0 Å². The third kappa shape index (κ3) is 3.54. The van der Waals surface area contributed by atoms with Crippen LogP contribution in [-0.2, 0) is 0 Å². The molecule has 0 radical (unpaired) electrons. The normalized spacial score (nSPS) is 11.2. The van der Waals surface area contributed by atoms with E-state index in [1.54, 1.807) is 19.1 Å². The van der Waals surface area contributed by atoms with Gasteiger partial charge in [-0.25, -0.2) is 0 Å². The van der Waals surface area contributed by atoms with Crippen LogP contribution in [0.1, 0.15) is 17.3 Å². The number of benzene rings is 1. The molecule has 1 atom stereocenters. The van der Waals surface area contributed by atoms with E-state index in [1.807, 2.05) is 0 Å². The van der Waals surface area contributed by atoms with E-state index >= 15 is 0 Å². The summed E-state index contributed by atoms with van der Waals surface area (Å²) in [5.41, 5.74) is 0.329. The minimum Gasteiger partial charge on any atom is -0.496 e. The quantitative estimate of drug-likeness (QED) is 0.855. The Morgan fingerprint density at radius 1 is 1.20 bits per heavy atom. The zero-order chi connectivity index (χ0) is 15.1. The van der Waals surface area contributed by atoms with Crippen molar-refractivity contribution < 1.29 is 19.0 Å². The Hall–Kier alpha value is -2.42. The van der Waals surface area contributed by atoms with Gasteiger partial charge in [-0.2, -0.15) is 5.26 Å². The van der Waals surface area contributed by atoms with E-state index in [0.717, 1.165) is 0 Å². The Balaban J connectivity index is 3.04. The van der Waals surface area contributed by atoms with E-state index in [4.69, 9.17) is 19.5 Å². The number of nitriles is 1. The molecule has 6 nitrogen and oxygen atoms in total. The molecule has 108 valence electrons. The summed E-state index contributed by atoms with van der Waals surface area (Å²) in [6.45, 7) is 2.00. The van der Waals surface area contributed by atoms with E-state index in [2.05, 4.69) is 11.4 Å². The molecule has 0 aliphatic rings. The van der Waals surface area contributed by atoms with Gasteiger partial charge in [-0.15, -0.1) is 0 Å². The van der Waals surface area contributed by atoms with Crippen LogP contribution in [0.2, 0.25) is 0 Å². The Labute approximate surface area is 118 Å². The number of carbonyl (C=O) groups is 1. The van der Waals surface area contributed by atoms with Crippen molar-refractivity contribution in [2.24, 2.45) is 5.92 Å². The summed E-state index contributed by atoms with van der Waals surface area (Å²) in [4.78, 5) is 12.1. The highest BCUT2D eigenvalue weighted by Gasteiger charge is 2.17. The number of amides is 1. The Morgan fingerprint density at radius 2 is 1.75 bits per heavy atom. The fourth-order valence-corrected chi connectivity index (χ4v) is 1.59. The Kier molecular flexibility index (Phi) is 5.66. The second-order valence-electron chi connectivity index (χ2n) is 4.15. The van der Waals surface area contributed by atoms with Crippen LogP contribution in [0, 0.1) is 17.2 Å². The summed E-state index contributed by atoms with van der Waals surface area (Å²) in [6, 6.07) is 5.18. The summed E-state index contributed by atoms with van der Waals surface area (Å²) < 4.78 is 15.5. The lowest BCUT2D eigenvalue weighted by Crippen LogP contribution is -2.28. The van der Waals surface area contributed by atoms with Gasteiger partial charge in [0.25, 0.3) is 5.91 Å². The highest BCUT2D eigenvalue weighted by molar-refractivity contribution is 5.97. The van der Waals surface area contributed by atoms with Gasteiger partial charge >= 0.3 is 0 Å². The first-order valence-electron chi connectivity index (χ1n) is 6.05. The van der Waals surface area contributed by atoms with Gasteiger partial charge in [0, 0.05) is 18.7 Å². The maximum absolute atomic E-state index is 12.1. The fourth-order valence-electron chi connectivity index (χ4n) is 1.59. The molecule has 0 saturated carbocycles. The molecular weight excluding hydrogens is 260 g/mol. The van der Waals surface area contributed by atoms with Gasteiger partial charge in [-0.1, -0.05) is 0 Å². The number of ether oxygens (including phenoxy) is 3. The summed E-state index contributed by atoms with van der Waals surface area (Å²) in [5.74, 6) is 0.706. The van der Waals surface area contributed by atoms with Crippen LogP contribution < -0.4 is 19.5 Å². The highest BCUT2D eigenvalue weighted by atomic mass is 16.5. The molecule has 1 N–H and O–H groups in total. The first kappa shape index (κ1) is 15.6. The molecule has 1 amide bonds. The monoisotopic (exact) mass is 278 g/mol. The number of hydrogen-bond acceptors (Lipinski definition) is 5.